The van der Waals surface area contributed by atoms with Crippen molar-refractivity contribution < 1.29 is 8.42 Å². The highest BCUT2D eigenvalue weighted by molar-refractivity contribution is 7.89. The predicted octanol–water partition coefficient (Wildman–Crippen LogP) is 3.77. The third-order valence-electron chi connectivity index (χ3n) is 3.16. The molecule has 0 heterocycles. The van der Waals surface area contributed by atoms with Crippen LogP contribution < -0.4 is 4.72 Å². The van der Waals surface area contributed by atoms with E-state index in [0.717, 1.165) is 5.56 Å². The fraction of sp³-hybridized carbons (Fsp3) is 0.200. The summed E-state index contributed by atoms with van der Waals surface area (Å²) in [5.74, 6) is 0.115. The van der Waals surface area contributed by atoms with Gasteiger partial charge in [0.2, 0.25) is 10.0 Å². The minimum Gasteiger partial charge on any atom is -0.207 e. The van der Waals surface area contributed by atoms with Gasteiger partial charge in [0, 0.05) is 10.9 Å². The lowest BCUT2D eigenvalue weighted by atomic mass is 9.96. The second kappa shape index (κ2) is 6.36. The first-order chi connectivity index (χ1) is 9.87. The van der Waals surface area contributed by atoms with Gasteiger partial charge in [0.05, 0.1) is 10.4 Å². The maximum absolute atomic E-state index is 12.5. The van der Waals surface area contributed by atoms with Gasteiger partial charge in [0.1, 0.15) is 0 Å². The van der Waals surface area contributed by atoms with E-state index in [9.17, 15) is 8.42 Å². The van der Waals surface area contributed by atoms with Crippen LogP contribution in [0.25, 0.3) is 0 Å². The van der Waals surface area contributed by atoms with Crippen LogP contribution in [-0.4, -0.2) is 14.3 Å². The molecule has 0 bridgehead atoms. The first-order valence-electron chi connectivity index (χ1n) is 6.28. The van der Waals surface area contributed by atoms with E-state index in [4.69, 9.17) is 23.2 Å². The third kappa shape index (κ3) is 3.77. The monoisotopic (exact) mass is 343 g/mol. The van der Waals surface area contributed by atoms with Crippen LogP contribution in [0, 0.1) is 0 Å². The lowest BCUT2D eigenvalue weighted by molar-refractivity contribution is 0.477. The highest BCUT2D eigenvalue weighted by atomic mass is 35.5. The molecule has 0 radical (unpaired) electrons. The van der Waals surface area contributed by atoms with Gasteiger partial charge in [-0.2, -0.15) is 4.72 Å². The molecule has 112 valence electrons. The predicted molar refractivity (Wildman–Crippen MR) is 86.3 cm³/mol. The first kappa shape index (κ1) is 16.3. The fourth-order valence-corrected chi connectivity index (χ4v) is 3.76. The Balaban J connectivity index is 2.35. The lowest BCUT2D eigenvalue weighted by Crippen LogP contribution is -2.44. The van der Waals surface area contributed by atoms with Crippen LogP contribution in [0.3, 0.4) is 0 Å². The van der Waals surface area contributed by atoms with Crippen LogP contribution in [0.5, 0.6) is 0 Å². The van der Waals surface area contributed by atoms with Gasteiger partial charge in [-0.3, -0.25) is 0 Å². The molecule has 2 aromatic rings. The summed E-state index contributed by atoms with van der Waals surface area (Å²) in [6.07, 6.45) is 0. The smallest absolute Gasteiger partial charge is 0.207 e. The Bertz CT molecular complexity index is 702. The zero-order valence-corrected chi connectivity index (χ0v) is 13.7. The van der Waals surface area contributed by atoms with Gasteiger partial charge in [0.25, 0.3) is 0 Å². The molecular weight excluding hydrogens is 329 g/mol. The molecule has 0 amide bonds. The Morgan fingerprint density at radius 2 is 1.62 bits per heavy atom. The zero-order chi connectivity index (χ0) is 15.5. The first-order valence-corrected chi connectivity index (χ1v) is 8.68. The van der Waals surface area contributed by atoms with Crippen molar-refractivity contribution in [1.29, 1.82) is 0 Å². The largest absolute Gasteiger partial charge is 0.241 e. The Kier molecular flexibility index (Phi) is 4.94. The Labute approximate surface area is 135 Å². The molecule has 0 fully saturated rings. The van der Waals surface area contributed by atoms with Crippen LogP contribution in [0.1, 0.15) is 12.5 Å². The molecule has 0 aromatic heterocycles. The van der Waals surface area contributed by atoms with Crippen molar-refractivity contribution in [3.8, 4) is 0 Å². The molecule has 0 aliphatic rings. The summed E-state index contributed by atoms with van der Waals surface area (Å²) >= 11 is 11.8. The van der Waals surface area contributed by atoms with E-state index < -0.39 is 15.6 Å². The molecule has 3 nitrogen and oxygen atoms in total. The van der Waals surface area contributed by atoms with E-state index >= 15 is 0 Å². The second-order valence-corrected chi connectivity index (χ2v) is 7.28. The van der Waals surface area contributed by atoms with Crippen molar-refractivity contribution in [3.05, 3.63) is 65.2 Å². The average molecular weight is 344 g/mol. The molecule has 2 aromatic carbocycles. The molecule has 6 heteroatoms. The average Bonchev–Trinajstić information content (AvgIpc) is 2.48. The summed E-state index contributed by atoms with van der Waals surface area (Å²) in [6.45, 7) is 1.75. The highest BCUT2D eigenvalue weighted by Gasteiger charge is 2.31. The van der Waals surface area contributed by atoms with Gasteiger partial charge in [0.15, 0.2) is 0 Å². The number of nitrogens with one attached hydrogen (secondary N) is 1. The van der Waals surface area contributed by atoms with E-state index in [1.54, 1.807) is 6.92 Å². The normalized spacial score (nSPS) is 14.6. The Morgan fingerprint density at radius 1 is 1.05 bits per heavy atom. The number of sulfonamides is 1. The number of alkyl halides is 1. The summed E-state index contributed by atoms with van der Waals surface area (Å²) in [6, 6.07) is 15.2. The number of hydrogen-bond donors (Lipinski definition) is 1. The van der Waals surface area contributed by atoms with Crippen molar-refractivity contribution >= 4 is 33.2 Å². The van der Waals surface area contributed by atoms with Gasteiger partial charge in [-0.25, -0.2) is 8.42 Å². The Morgan fingerprint density at radius 3 is 2.14 bits per heavy atom. The van der Waals surface area contributed by atoms with Crippen LogP contribution in [0.4, 0.5) is 0 Å². The van der Waals surface area contributed by atoms with E-state index in [-0.39, 0.29) is 10.8 Å². The van der Waals surface area contributed by atoms with Gasteiger partial charge in [-0.1, -0.05) is 41.9 Å². The SMILES string of the molecule is CC(CCl)(NS(=O)(=O)c1ccc(Cl)cc1)c1ccccc1. The Hall–Kier alpha value is -1.07. The molecule has 0 saturated carbocycles. The van der Waals surface area contributed by atoms with Crippen LogP contribution in [-0.2, 0) is 15.6 Å². The van der Waals surface area contributed by atoms with Crippen molar-refractivity contribution in [2.75, 3.05) is 5.88 Å². The van der Waals surface area contributed by atoms with E-state index in [0.29, 0.717) is 5.02 Å². The quantitative estimate of drug-likeness (QED) is 0.840. The fourth-order valence-electron chi connectivity index (χ4n) is 1.94. The molecule has 0 aliphatic carbocycles. The molecule has 1 unspecified atom stereocenters. The molecule has 1 N–H and O–H groups in total. The van der Waals surface area contributed by atoms with Gasteiger partial charge in [-0.15, -0.1) is 11.6 Å². The second-order valence-electron chi connectivity index (χ2n) is 4.89. The van der Waals surface area contributed by atoms with Crippen molar-refractivity contribution in [1.82, 2.24) is 4.72 Å². The molecular formula is C15H15Cl2NO2S. The molecule has 0 aliphatic heterocycles. The van der Waals surface area contributed by atoms with E-state index in [1.807, 2.05) is 30.3 Å². The maximum Gasteiger partial charge on any atom is 0.241 e. The summed E-state index contributed by atoms with van der Waals surface area (Å²) < 4.78 is 27.6. The summed E-state index contributed by atoms with van der Waals surface area (Å²) in [5.41, 5.74) is -0.0843. The van der Waals surface area contributed by atoms with Gasteiger partial charge >= 0.3 is 0 Å². The lowest BCUT2D eigenvalue weighted by Gasteiger charge is -2.28. The van der Waals surface area contributed by atoms with Crippen molar-refractivity contribution in [3.63, 3.8) is 0 Å². The highest BCUT2D eigenvalue weighted by Crippen LogP contribution is 2.25. The molecule has 2 rings (SSSR count). The van der Waals surface area contributed by atoms with Gasteiger partial charge < -0.3 is 0 Å². The number of halogens is 2. The topological polar surface area (TPSA) is 46.2 Å². The molecule has 21 heavy (non-hydrogen) atoms. The van der Waals surface area contributed by atoms with Crippen molar-refractivity contribution in [2.24, 2.45) is 0 Å². The molecule has 1 atom stereocenters. The number of benzene rings is 2. The van der Waals surface area contributed by atoms with Crippen LogP contribution in [0.2, 0.25) is 5.02 Å². The number of rotatable bonds is 5. The van der Waals surface area contributed by atoms with Crippen LogP contribution in [0.15, 0.2) is 59.5 Å². The zero-order valence-electron chi connectivity index (χ0n) is 11.4. The minimum absolute atomic E-state index is 0.115. The van der Waals surface area contributed by atoms with E-state index in [1.165, 1.54) is 24.3 Å². The van der Waals surface area contributed by atoms with Gasteiger partial charge in [-0.05, 0) is 36.8 Å². The number of hydrogen-bond acceptors (Lipinski definition) is 2. The van der Waals surface area contributed by atoms with E-state index in [2.05, 4.69) is 4.72 Å². The molecule has 0 spiro atoms. The standard InChI is InChI=1S/C15H15Cl2NO2S/c1-15(11-16,12-5-3-2-4-6-12)18-21(19,20)14-9-7-13(17)8-10-14/h2-10,18H,11H2,1H3. The third-order valence-corrected chi connectivity index (χ3v) is 5.56. The summed E-state index contributed by atoms with van der Waals surface area (Å²) in [4.78, 5) is 0.152. The van der Waals surface area contributed by atoms with Crippen molar-refractivity contribution in [2.45, 2.75) is 17.4 Å². The summed E-state index contributed by atoms with van der Waals surface area (Å²) in [7, 11) is -3.69. The maximum atomic E-state index is 12.5. The summed E-state index contributed by atoms with van der Waals surface area (Å²) in [5, 5.41) is 0.483. The minimum atomic E-state index is -3.69. The molecule has 0 saturated heterocycles. The van der Waals surface area contributed by atoms with Crippen LogP contribution >= 0.6 is 23.2 Å².